The Morgan fingerprint density at radius 1 is 0.531 bits per heavy atom. The highest BCUT2D eigenvalue weighted by Crippen LogP contribution is 2.30. The molecule has 2 amide bonds. The Kier molecular flexibility index (Phi) is 7.40. The summed E-state index contributed by atoms with van der Waals surface area (Å²) in [5, 5.41) is 6.37. The predicted molar refractivity (Wildman–Crippen MR) is 137 cm³/mol. The van der Waals surface area contributed by atoms with E-state index in [-0.39, 0.29) is 18.1 Å². The second-order valence-corrected chi connectivity index (χ2v) is 9.06. The number of hydrogen-bond donors (Lipinski definition) is 2. The lowest BCUT2D eigenvalue weighted by Gasteiger charge is -2.25. The van der Waals surface area contributed by atoms with E-state index in [1.807, 2.05) is 109 Å². The van der Waals surface area contributed by atoms with Crippen LogP contribution in [0.2, 0.25) is 0 Å². The zero-order valence-electron chi connectivity index (χ0n) is 17.2. The summed E-state index contributed by atoms with van der Waals surface area (Å²) in [6, 6.07) is 35.0. The van der Waals surface area contributed by atoms with Crippen molar-refractivity contribution in [3.8, 4) is 0 Å². The lowest BCUT2D eigenvalue weighted by atomic mass is 9.98. The van der Waals surface area contributed by atoms with Crippen molar-refractivity contribution < 1.29 is 4.79 Å². The largest absolute Gasteiger partial charge is 0.327 e. The number of urea groups is 1. The van der Waals surface area contributed by atoms with Crippen molar-refractivity contribution in [2.24, 2.45) is 0 Å². The molecule has 0 bridgehead atoms. The van der Waals surface area contributed by atoms with E-state index >= 15 is 0 Å². The van der Waals surface area contributed by atoms with Gasteiger partial charge in [-0.3, -0.25) is 0 Å². The molecule has 0 saturated carbocycles. The van der Waals surface area contributed by atoms with Gasteiger partial charge in [-0.25, -0.2) is 4.79 Å². The number of hydrogen-bond acceptors (Lipinski definition) is 1. The first-order valence-electron chi connectivity index (χ1n) is 10.3. The van der Waals surface area contributed by atoms with Crippen LogP contribution in [0.1, 0.15) is 34.3 Å². The summed E-state index contributed by atoms with van der Waals surface area (Å²) in [5.74, 6) is 0. The van der Waals surface area contributed by atoms with E-state index in [2.05, 4.69) is 42.5 Å². The standard InChI is InChI=1S/C27H22Br2N2O/c28-23-17-9-7-15-21(23)25(19-11-3-1-4-12-19)30-27(32)31-26(20-13-5-2-6-14-20)22-16-8-10-18-24(22)29/h1-18,25-26H,(H2,30,31,32). The smallest absolute Gasteiger partial charge is 0.316 e. The van der Waals surface area contributed by atoms with Crippen molar-refractivity contribution >= 4 is 37.9 Å². The number of rotatable bonds is 6. The molecule has 0 aliphatic carbocycles. The Morgan fingerprint density at radius 3 is 1.25 bits per heavy atom. The first-order valence-corrected chi connectivity index (χ1v) is 11.9. The molecule has 0 heterocycles. The number of carbonyl (C=O) groups is 1. The number of carbonyl (C=O) groups excluding carboxylic acids is 1. The first-order chi connectivity index (χ1) is 15.6. The molecule has 2 atom stereocenters. The Labute approximate surface area is 205 Å². The van der Waals surface area contributed by atoms with E-state index in [9.17, 15) is 4.79 Å². The fourth-order valence-electron chi connectivity index (χ4n) is 3.69. The van der Waals surface area contributed by atoms with E-state index in [0.29, 0.717) is 0 Å². The lowest BCUT2D eigenvalue weighted by Crippen LogP contribution is -2.40. The fourth-order valence-corrected chi connectivity index (χ4v) is 4.72. The molecule has 0 saturated heterocycles. The summed E-state index contributed by atoms with van der Waals surface area (Å²) >= 11 is 7.28. The van der Waals surface area contributed by atoms with E-state index in [0.717, 1.165) is 31.2 Å². The Hall–Kier alpha value is -2.89. The summed E-state index contributed by atoms with van der Waals surface area (Å²) in [5.41, 5.74) is 4.00. The summed E-state index contributed by atoms with van der Waals surface area (Å²) in [7, 11) is 0. The van der Waals surface area contributed by atoms with Crippen molar-refractivity contribution in [2.75, 3.05) is 0 Å². The number of nitrogens with one attached hydrogen (secondary N) is 2. The lowest BCUT2D eigenvalue weighted by molar-refractivity contribution is 0.236. The highest BCUT2D eigenvalue weighted by atomic mass is 79.9. The monoisotopic (exact) mass is 548 g/mol. The van der Waals surface area contributed by atoms with Crippen LogP contribution in [-0.2, 0) is 0 Å². The Bertz CT molecular complexity index is 1090. The minimum absolute atomic E-state index is 0.251. The molecule has 160 valence electrons. The molecule has 2 unspecified atom stereocenters. The van der Waals surface area contributed by atoms with Crippen LogP contribution in [0, 0.1) is 0 Å². The molecule has 0 spiro atoms. The first kappa shape index (κ1) is 22.3. The molecule has 0 radical (unpaired) electrons. The van der Waals surface area contributed by atoms with E-state index in [4.69, 9.17) is 0 Å². The van der Waals surface area contributed by atoms with Crippen molar-refractivity contribution in [3.05, 3.63) is 140 Å². The zero-order chi connectivity index (χ0) is 22.3. The van der Waals surface area contributed by atoms with E-state index in [1.165, 1.54) is 0 Å². The van der Waals surface area contributed by atoms with Gasteiger partial charge >= 0.3 is 6.03 Å². The van der Waals surface area contributed by atoms with Crippen molar-refractivity contribution in [3.63, 3.8) is 0 Å². The summed E-state index contributed by atoms with van der Waals surface area (Å²) in [6.45, 7) is 0. The van der Waals surface area contributed by atoms with Gasteiger partial charge in [-0.15, -0.1) is 0 Å². The molecule has 3 nitrogen and oxygen atoms in total. The number of halogens is 2. The van der Waals surface area contributed by atoms with Gasteiger partial charge in [0, 0.05) is 8.95 Å². The van der Waals surface area contributed by atoms with Crippen LogP contribution >= 0.6 is 31.9 Å². The van der Waals surface area contributed by atoms with Gasteiger partial charge in [0.15, 0.2) is 0 Å². The molecule has 4 aromatic rings. The van der Waals surface area contributed by atoms with E-state index in [1.54, 1.807) is 0 Å². The van der Waals surface area contributed by atoms with Crippen LogP contribution in [0.15, 0.2) is 118 Å². The topological polar surface area (TPSA) is 41.1 Å². The van der Waals surface area contributed by atoms with Gasteiger partial charge in [0.2, 0.25) is 0 Å². The fraction of sp³-hybridized carbons (Fsp3) is 0.0741. The maximum atomic E-state index is 13.3. The van der Waals surface area contributed by atoms with Gasteiger partial charge in [0.1, 0.15) is 0 Å². The van der Waals surface area contributed by atoms with Crippen molar-refractivity contribution in [1.82, 2.24) is 10.6 Å². The van der Waals surface area contributed by atoms with Crippen molar-refractivity contribution in [2.45, 2.75) is 12.1 Å². The van der Waals surface area contributed by atoms with Gasteiger partial charge in [0.05, 0.1) is 12.1 Å². The third kappa shape index (κ3) is 5.29. The van der Waals surface area contributed by atoms with Gasteiger partial charge in [-0.2, -0.15) is 0 Å². The summed E-state index contributed by atoms with van der Waals surface area (Å²) < 4.78 is 1.89. The summed E-state index contributed by atoms with van der Waals surface area (Å²) in [4.78, 5) is 13.3. The number of benzene rings is 4. The van der Waals surface area contributed by atoms with Crippen LogP contribution in [-0.4, -0.2) is 6.03 Å². The molecule has 0 fully saturated rings. The normalized spacial score (nSPS) is 12.6. The van der Waals surface area contributed by atoms with Gasteiger partial charge in [-0.05, 0) is 34.4 Å². The maximum Gasteiger partial charge on any atom is 0.316 e. The van der Waals surface area contributed by atoms with Crippen LogP contribution < -0.4 is 10.6 Å². The minimum atomic E-state index is -0.303. The quantitative estimate of drug-likeness (QED) is 0.258. The average molecular weight is 550 g/mol. The average Bonchev–Trinajstić information content (AvgIpc) is 2.83. The minimum Gasteiger partial charge on any atom is -0.327 e. The van der Waals surface area contributed by atoms with Crippen LogP contribution in [0.3, 0.4) is 0 Å². The molecule has 4 aromatic carbocycles. The molecule has 0 aromatic heterocycles. The highest BCUT2D eigenvalue weighted by molar-refractivity contribution is 9.10. The molecule has 4 rings (SSSR count). The van der Waals surface area contributed by atoms with Crippen LogP contribution in [0.5, 0.6) is 0 Å². The molecule has 0 aliphatic heterocycles. The second kappa shape index (κ2) is 10.6. The number of amides is 2. The van der Waals surface area contributed by atoms with Gasteiger partial charge in [-0.1, -0.05) is 129 Å². The second-order valence-electron chi connectivity index (χ2n) is 7.35. The predicted octanol–water partition coefficient (Wildman–Crippen LogP) is 7.39. The van der Waals surface area contributed by atoms with E-state index < -0.39 is 0 Å². The summed E-state index contributed by atoms with van der Waals surface area (Å²) in [6.07, 6.45) is 0. The molecule has 2 N–H and O–H groups in total. The molecular weight excluding hydrogens is 528 g/mol. The van der Waals surface area contributed by atoms with Gasteiger partial charge < -0.3 is 10.6 Å². The molecular formula is C27H22Br2N2O. The third-order valence-electron chi connectivity index (χ3n) is 5.25. The van der Waals surface area contributed by atoms with Crippen molar-refractivity contribution in [1.29, 1.82) is 0 Å². The third-order valence-corrected chi connectivity index (χ3v) is 6.69. The van der Waals surface area contributed by atoms with Crippen LogP contribution in [0.4, 0.5) is 4.79 Å². The highest BCUT2D eigenvalue weighted by Gasteiger charge is 2.23. The molecule has 0 aliphatic rings. The molecule has 32 heavy (non-hydrogen) atoms. The van der Waals surface area contributed by atoms with Crippen LogP contribution in [0.25, 0.3) is 0 Å². The maximum absolute atomic E-state index is 13.3. The SMILES string of the molecule is O=C(NC(c1ccccc1)c1ccccc1Br)NC(c1ccccc1)c1ccccc1Br. The zero-order valence-corrected chi connectivity index (χ0v) is 20.4. The van der Waals surface area contributed by atoms with Gasteiger partial charge in [0.25, 0.3) is 0 Å². The Morgan fingerprint density at radius 2 is 0.875 bits per heavy atom. The molecule has 5 heteroatoms. The Balaban J connectivity index is 1.65.